The molecule has 0 bridgehead atoms. The van der Waals surface area contributed by atoms with E-state index >= 15 is 0 Å². The highest BCUT2D eigenvalue weighted by atomic mass is 16.2. The van der Waals surface area contributed by atoms with Crippen LogP contribution in [0.3, 0.4) is 0 Å². The normalized spacial score (nSPS) is 24.2. The van der Waals surface area contributed by atoms with Gasteiger partial charge in [-0.05, 0) is 33.0 Å². The highest BCUT2D eigenvalue weighted by Gasteiger charge is 2.35. The molecule has 7 nitrogen and oxygen atoms in total. The molecule has 0 unspecified atom stereocenters. The van der Waals surface area contributed by atoms with Crippen molar-refractivity contribution >= 4 is 5.91 Å². The summed E-state index contributed by atoms with van der Waals surface area (Å²) in [5.74, 6) is 1.81. The molecule has 1 aromatic carbocycles. The van der Waals surface area contributed by atoms with Gasteiger partial charge in [-0.25, -0.2) is 4.98 Å². The smallest absolute Gasteiger partial charge is 0.234 e. The van der Waals surface area contributed by atoms with Crippen LogP contribution in [0.2, 0.25) is 0 Å². The minimum atomic E-state index is 0.0565. The molecule has 2 aliphatic heterocycles. The van der Waals surface area contributed by atoms with Crippen molar-refractivity contribution in [1.29, 1.82) is 0 Å². The van der Waals surface area contributed by atoms with Crippen molar-refractivity contribution in [3.63, 3.8) is 0 Å². The van der Waals surface area contributed by atoms with Crippen molar-refractivity contribution in [2.24, 2.45) is 0 Å². The number of H-pyrrole nitrogens is 1. The summed E-state index contributed by atoms with van der Waals surface area (Å²) in [6, 6.07) is 10.0. The lowest BCUT2D eigenvalue weighted by Gasteiger charge is -2.22. The molecule has 1 amide bonds. The summed E-state index contributed by atoms with van der Waals surface area (Å²) in [5, 5.41) is 10.8. The first-order valence-electron chi connectivity index (χ1n) is 10.4. The number of aromatic amines is 1. The van der Waals surface area contributed by atoms with Gasteiger partial charge in [-0.15, -0.1) is 0 Å². The van der Waals surface area contributed by atoms with E-state index in [2.05, 4.69) is 32.4 Å². The van der Waals surface area contributed by atoms with Gasteiger partial charge in [0.05, 0.1) is 18.5 Å². The Labute approximate surface area is 166 Å². The third kappa shape index (κ3) is 4.59. The Morgan fingerprint density at radius 2 is 1.89 bits per heavy atom. The zero-order chi connectivity index (χ0) is 19.3. The predicted octanol–water partition coefficient (Wildman–Crippen LogP) is 1.86. The summed E-state index contributed by atoms with van der Waals surface area (Å²) in [5.41, 5.74) is 0.998. The van der Waals surface area contributed by atoms with Gasteiger partial charge < -0.3 is 10.2 Å². The molecular weight excluding hydrogens is 352 g/mol. The van der Waals surface area contributed by atoms with E-state index in [1.165, 1.54) is 25.7 Å². The molecule has 2 atom stereocenters. The molecule has 1 aromatic heterocycles. The number of carbonyl (C=O) groups excluding carboxylic acids is 1. The Morgan fingerprint density at radius 1 is 1.14 bits per heavy atom. The van der Waals surface area contributed by atoms with Gasteiger partial charge >= 0.3 is 0 Å². The van der Waals surface area contributed by atoms with Gasteiger partial charge in [-0.2, -0.15) is 5.10 Å². The monoisotopic (exact) mass is 382 g/mol. The number of benzene rings is 1. The molecule has 2 aliphatic rings. The number of likely N-dealkylation sites (tertiary alicyclic amines) is 2. The van der Waals surface area contributed by atoms with Crippen molar-refractivity contribution in [3.8, 4) is 11.4 Å². The van der Waals surface area contributed by atoms with Gasteiger partial charge in [0.25, 0.3) is 0 Å². The maximum absolute atomic E-state index is 12.7. The van der Waals surface area contributed by atoms with Crippen LogP contribution in [0.4, 0.5) is 0 Å². The molecule has 150 valence electrons. The van der Waals surface area contributed by atoms with E-state index in [4.69, 9.17) is 4.98 Å². The van der Waals surface area contributed by atoms with Gasteiger partial charge in [-0.1, -0.05) is 43.2 Å². The first-order chi connectivity index (χ1) is 13.7. The summed E-state index contributed by atoms with van der Waals surface area (Å²) in [6.07, 6.45) is 4.95. The fourth-order valence-corrected chi connectivity index (χ4v) is 4.33. The Hall–Kier alpha value is -2.25. The number of amides is 1. The predicted molar refractivity (Wildman–Crippen MR) is 109 cm³/mol. The van der Waals surface area contributed by atoms with E-state index < -0.39 is 0 Å². The number of aromatic nitrogens is 3. The van der Waals surface area contributed by atoms with E-state index in [0.29, 0.717) is 12.4 Å². The average Bonchev–Trinajstić information content (AvgIpc) is 3.23. The maximum atomic E-state index is 12.7. The summed E-state index contributed by atoms with van der Waals surface area (Å²) in [4.78, 5) is 21.9. The van der Waals surface area contributed by atoms with Gasteiger partial charge in [-0.3, -0.25) is 14.8 Å². The summed E-state index contributed by atoms with van der Waals surface area (Å²) in [6.45, 7) is 4.25. The zero-order valence-corrected chi connectivity index (χ0v) is 16.6. The number of rotatable bonds is 5. The quantitative estimate of drug-likeness (QED) is 0.825. The molecular formula is C21H30N6O. The Balaban J connectivity index is 1.41. The van der Waals surface area contributed by atoms with E-state index in [1.54, 1.807) is 0 Å². The Bertz CT molecular complexity index is 768. The van der Waals surface area contributed by atoms with Crippen molar-refractivity contribution in [2.45, 2.75) is 37.6 Å². The lowest BCUT2D eigenvalue weighted by Crippen LogP contribution is -2.45. The van der Waals surface area contributed by atoms with Crippen LogP contribution in [0.5, 0.6) is 0 Å². The van der Waals surface area contributed by atoms with Crippen LogP contribution < -0.4 is 5.32 Å². The third-order valence-corrected chi connectivity index (χ3v) is 5.80. The van der Waals surface area contributed by atoms with E-state index in [9.17, 15) is 4.79 Å². The van der Waals surface area contributed by atoms with Crippen molar-refractivity contribution in [1.82, 2.24) is 30.3 Å². The zero-order valence-electron chi connectivity index (χ0n) is 16.6. The van der Waals surface area contributed by atoms with Crippen LogP contribution in [0.1, 0.15) is 37.4 Å². The SMILES string of the molecule is CN1C[C@@H](NC(=O)CN2CCCCCC2)[C@H](c2nc(-c3ccccc3)n[nH]2)C1. The molecule has 0 aliphatic carbocycles. The minimum absolute atomic E-state index is 0.0565. The lowest BCUT2D eigenvalue weighted by atomic mass is 10.0. The second kappa shape index (κ2) is 8.84. The van der Waals surface area contributed by atoms with Crippen LogP contribution in [0.25, 0.3) is 11.4 Å². The van der Waals surface area contributed by atoms with E-state index in [0.717, 1.165) is 37.6 Å². The minimum Gasteiger partial charge on any atom is -0.350 e. The highest BCUT2D eigenvalue weighted by molar-refractivity contribution is 5.78. The standard InChI is InChI=1S/C21H30N6O/c1-26-13-17(21-23-20(24-25-21)16-9-5-4-6-10-16)18(14-26)22-19(28)15-27-11-7-2-3-8-12-27/h4-6,9-10,17-18H,2-3,7-8,11-15H2,1H3,(H,22,28)(H,23,24,25)/t17-,18-/m1/s1. The second-order valence-corrected chi connectivity index (χ2v) is 8.10. The first kappa shape index (κ1) is 19.1. The number of hydrogen-bond donors (Lipinski definition) is 2. The molecule has 2 saturated heterocycles. The molecule has 2 N–H and O–H groups in total. The number of carbonyl (C=O) groups is 1. The largest absolute Gasteiger partial charge is 0.350 e. The van der Waals surface area contributed by atoms with Crippen LogP contribution in [-0.4, -0.2) is 76.7 Å². The Morgan fingerprint density at radius 3 is 2.64 bits per heavy atom. The number of likely N-dealkylation sites (N-methyl/N-ethyl adjacent to an activating group) is 1. The van der Waals surface area contributed by atoms with Crippen LogP contribution in [-0.2, 0) is 4.79 Å². The van der Waals surface area contributed by atoms with Crippen LogP contribution >= 0.6 is 0 Å². The molecule has 2 fully saturated rings. The van der Waals surface area contributed by atoms with Crippen LogP contribution in [0, 0.1) is 0 Å². The van der Waals surface area contributed by atoms with E-state index in [1.807, 2.05) is 30.3 Å². The third-order valence-electron chi connectivity index (χ3n) is 5.80. The molecule has 0 spiro atoms. The fraction of sp³-hybridized carbons (Fsp3) is 0.571. The van der Waals surface area contributed by atoms with Gasteiger partial charge in [0.1, 0.15) is 5.82 Å². The van der Waals surface area contributed by atoms with E-state index in [-0.39, 0.29) is 17.9 Å². The molecule has 2 aromatic rings. The van der Waals surface area contributed by atoms with Crippen LogP contribution in [0.15, 0.2) is 30.3 Å². The molecule has 0 radical (unpaired) electrons. The molecule has 28 heavy (non-hydrogen) atoms. The van der Waals surface area contributed by atoms with Crippen molar-refractivity contribution < 1.29 is 4.79 Å². The van der Waals surface area contributed by atoms with Crippen molar-refractivity contribution in [2.75, 3.05) is 39.8 Å². The number of hydrogen-bond acceptors (Lipinski definition) is 5. The molecule has 3 heterocycles. The highest BCUT2D eigenvalue weighted by Crippen LogP contribution is 2.26. The fourth-order valence-electron chi connectivity index (χ4n) is 4.33. The van der Waals surface area contributed by atoms with Gasteiger partial charge in [0, 0.05) is 18.7 Å². The molecule has 0 saturated carbocycles. The second-order valence-electron chi connectivity index (χ2n) is 8.10. The summed E-state index contributed by atoms with van der Waals surface area (Å²) in [7, 11) is 2.09. The Kier molecular flexibility index (Phi) is 6.02. The number of nitrogens with one attached hydrogen (secondary N) is 2. The lowest BCUT2D eigenvalue weighted by molar-refractivity contribution is -0.123. The number of nitrogens with zero attached hydrogens (tertiary/aromatic N) is 4. The first-order valence-corrected chi connectivity index (χ1v) is 10.4. The van der Waals surface area contributed by atoms with Gasteiger partial charge in [0.15, 0.2) is 5.82 Å². The topological polar surface area (TPSA) is 77.2 Å². The van der Waals surface area contributed by atoms with Crippen molar-refractivity contribution in [3.05, 3.63) is 36.2 Å². The summed E-state index contributed by atoms with van der Waals surface area (Å²) >= 11 is 0. The van der Waals surface area contributed by atoms with Gasteiger partial charge in [0.2, 0.25) is 5.91 Å². The summed E-state index contributed by atoms with van der Waals surface area (Å²) < 4.78 is 0. The molecule has 7 heteroatoms. The molecule has 4 rings (SSSR count). The maximum Gasteiger partial charge on any atom is 0.234 e. The average molecular weight is 383 g/mol.